The lowest BCUT2D eigenvalue weighted by Gasteiger charge is -2.14. The van der Waals surface area contributed by atoms with Gasteiger partial charge in [0.15, 0.2) is 5.82 Å². The fraction of sp³-hybridized carbons (Fsp3) is 0.429. The van der Waals surface area contributed by atoms with Crippen LogP contribution in [-0.2, 0) is 19.6 Å². The van der Waals surface area contributed by atoms with Gasteiger partial charge in [-0.1, -0.05) is 17.3 Å². The molecule has 2 rings (SSSR count). The highest BCUT2D eigenvalue weighted by atomic mass is 35.5. The number of hydrogen-bond acceptors (Lipinski definition) is 6. The summed E-state index contributed by atoms with van der Waals surface area (Å²) in [5, 5.41) is 3.88. The highest BCUT2D eigenvalue weighted by Gasteiger charge is 2.08. The second kappa shape index (κ2) is 8.61. The van der Waals surface area contributed by atoms with Crippen LogP contribution in [0.5, 0.6) is 5.75 Å². The Morgan fingerprint density at radius 1 is 1.24 bits per heavy atom. The largest absolute Gasteiger partial charge is 0.494 e. The van der Waals surface area contributed by atoms with E-state index < -0.39 is 0 Å². The van der Waals surface area contributed by atoms with Gasteiger partial charge in [0.2, 0.25) is 5.89 Å². The molecule has 0 spiro atoms. The van der Waals surface area contributed by atoms with Gasteiger partial charge in [-0.3, -0.25) is 4.90 Å². The lowest BCUT2D eigenvalue weighted by Crippen LogP contribution is -2.18. The van der Waals surface area contributed by atoms with Crippen molar-refractivity contribution < 1.29 is 9.26 Å². The first-order valence-corrected chi connectivity index (χ1v) is 6.63. The van der Waals surface area contributed by atoms with E-state index in [9.17, 15) is 0 Å². The van der Waals surface area contributed by atoms with Crippen molar-refractivity contribution in [1.82, 2.24) is 15.0 Å². The Kier molecular flexibility index (Phi) is 7.14. The summed E-state index contributed by atoms with van der Waals surface area (Å²) in [5.41, 5.74) is 6.64. The van der Waals surface area contributed by atoms with Crippen LogP contribution in [0.1, 0.15) is 24.2 Å². The monoisotopic (exact) mass is 312 g/mol. The summed E-state index contributed by atoms with van der Waals surface area (Å²) >= 11 is 0. The summed E-state index contributed by atoms with van der Waals surface area (Å²) in [5.74, 6) is 2.01. The van der Waals surface area contributed by atoms with Crippen molar-refractivity contribution in [3.05, 3.63) is 41.5 Å². The molecular weight excluding hydrogens is 292 g/mol. The second-order valence-electron chi connectivity index (χ2n) is 4.56. The zero-order valence-electron chi connectivity index (χ0n) is 12.3. The number of nitrogens with two attached hydrogens (primary N) is 1. The Labute approximate surface area is 130 Å². The number of rotatable bonds is 7. The molecule has 0 fully saturated rings. The maximum atomic E-state index is 5.43. The summed E-state index contributed by atoms with van der Waals surface area (Å²) in [6, 6.07) is 8.08. The normalized spacial score (nSPS) is 10.5. The highest BCUT2D eigenvalue weighted by molar-refractivity contribution is 5.85. The van der Waals surface area contributed by atoms with Gasteiger partial charge >= 0.3 is 0 Å². The molecule has 0 radical (unpaired) electrons. The average Bonchev–Trinajstić information content (AvgIpc) is 2.89. The minimum Gasteiger partial charge on any atom is -0.494 e. The Bertz CT molecular complexity index is 530. The first-order valence-electron chi connectivity index (χ1n) is 6.63. The zero-order chi connectivity index (χ0) is 14.4. The third kappa shape index (κ3) is 5.34. The molecule has 1 aromatic carbocycles. The molecule has 6 nitrogen and oxygen atoms in total. The van der Waals surface area contributed by atoms with Gasteiger partial charge in [0, 0.05) is 6.54 Å². The van der Waals surface area contributed by atoms with Gasteiger partial charge in [0.25, 0.3) is 0 Å². The van der Waals surface area contributed by atoms with Crippen LogP contribution >= 0.6 is 12.4 Å². The van der Waals surface area contributed by atoms with Crippen LogP contribution in [0.3, 0.4) is 0 Å². The molecule has 0 amide bonds. The smallest absolute Gasteiger partial charge is 0.240 e. The number of hydrogen-bond donors (Lipinski definition) is 1. The zero-order valence-corrected chi connectivity index (χ0v) is 13.1. The topological polar surface area (TPSA) is 77.4 Å². The van der Waals surface area contributed by atoms with Crippen LogP contribution in [0.15, 0.2) is 28.8 Å². The van der Waals surface area contributed by atoms with E-state index in [1.165, 1.54) is 5.56 Å². The number of ether oxygens (including phenoxy) is 1. The van der Waals surface area contributed by atoms with E-state index in [1.807, 2.05) is 26.1 Å². The molecular formula is C14H21ClN4O2. The number of halogens is 1. The summed E-state index contributed by atoms with van der Waals surface area (Å²) < 4.78 is 10.4. The molecule has 21 heavy (non-hydrogen) atoms. The van der Waals surface area contributed by atoms with E-state index in [2.05, 4.69) is 27.2 Å². The maximum Gasteiger partial charge on any atom is 0.240 e. The van der Waals surface area contributed by atoms with Crippen LogP contribution in [0, 0.1) is 0 Å². The van der Waals surface area contributed by atoms with Gasteiger partial charge in [-0.25, -0.2) is 0 Å². The van der Waals surface area contributed by atoms with Gasteiger partial charge in [0.1, 0.15) is 5.75 Å². The Morgan fingerprint density at radius 3 is 2.52 bits per heavy atom. The summed E-state index contributed by atoms with van der Waals surface area (Å²) in [7, 11) is 2.01. The Balaban J connectivity index is 0.00000220. The second-order valence-corrected chi connectivity index (χ2v) is 4.56. The summed E-state index contributed by atoms with van der Waals surface area (Å²) in [6.07, 6.45) is 0. The van der Waals surface area contributed by atoms with Gasteiger partial charge in [0.05, 0.1) is 19.7 Å². The molecule has 0 aliphatic carbocycles. The van der Waals surface area contributed by atoms with E-state index in [-0.39, 0.29) is 19.0 Å². The Hall–Kier alpha value is -1.63. The summed E-state index contributed by atoms with van der Waals surface area (Å²) in [4.78, 5) is 6.30. The molecule has 7 heteroatoms. The fourth-order valence-corrected chi connectivity index (χ4v) is 1.90. The van der Waals surface area contributed by atoms with Gasteiger partial charge in [-0.15, -0.1) is 12.4 Å². The summed E-state index contributed by atoms with van der Waals surface area (Å²) in [6.45, 7) is 4.36. The van der Waals surface area contributed by atoms with Crippen LogP contribution in [0.4, 0.5) is 0 Å². The predicted octanol–water partition coefficient (Wildman–Crippen LogP) is 1.98. The molecule has 0 saturated carbocycles. The third-order valence-electron chi connectivity index (χ3n) is 2.78. The molecule has 1 heterocycles. The minimum atomic E-state index is 0. The molecule has 116 valence electrons. The first-order chi connectivity index (χ1) is 9.71. The van der Waals surface area contributed by atoms with Crippen LogP contribution < -0.4 is 10.5 Å². The molecule has 1 aromatic heterocycles. The van der Waals surface area contributed by atoms with E-state index in [0.717, 1.165) is 12.3 Å². The molecule has 0 bridgehead atoms. The number of benzene rings is 1. The van der Waals surface area contributed by atoms with Gasteiger partial charge in [-0.2, -0.15) is 4.98 Å². The first kappa shape index (κ1) is 17.4. The van der Waals surface area contributed by atoms with Crippen molar-refractivity contribution in [3.8, 4) is 5.75 Å². The highest BCUT2D eigenvalue weighted by Crippen LogP contribution is 2.13. The van der Waals surface area contributed by atoms with Crippen LogP contribution in [0.25, 0.3) is 0 Å². The number of aromatic nitrogens is 2. The molecule has 0 saturated heterocycles. The van der Waals surface area contributed by atoms with Crippen molar-refractivity contribution in [2.24, 2.45) is 5.73 Å². The van der Waals surface area contributed by atoms with Crippen molar-refractivity contribution in [2.75, 3.05) is 13.7 Å². The lowest BCUT2D eigenvalue weighted by molar-refractivity contribution is 0.299. The predicted molar refractivity (Wildman–Crippen MR) is 82.2 cm³/mol. The SMILES string of the molecule is CCOc1ccc(CN(C)Cc2noc(CN)n2)cc1.Cl. The van der Waals surface area contributed by atoms with E-state index in [1.54, 1.807) is 0 Å². The van der Waals surface area contributed by atoms with E-state index in [4.69, 9.17) is 15.0 Å². The standard InChI is InChI=1S/C14H20N4O2.ClH/c1-3-19-12-6-4-11(5-7-12)9-18(2)10-13-16-14(8-15)20-17-13;/h4-7H,3,8-10,15H2,1-2H3;1H. The molecule has 0 atom stereocenters. The van der Waals surface area contributed by atoms with Crippen molar-refractivity contribution in [2.45, 2.75) is 26.6 Å². The fourth-order valence-electron chi connectivity index (χ4n) is 1.90. The molecule has 2 N–H and O–H groups in total. The quantitative estimate of drug-likeness (QED) is 0.842. The van der Waals surface area contributed by atoms with Crippen molar-refractivity contribution in [3.63, 3.8) is 0 Å². The lowest BCUT2D eigenvalue weighted by atomic mass is 10.2. The average molecular weight is 313 g/mol. The van der Waals surface area contributed by atoms with E-state index in [0.29, 0.717) is 24.9 Å². The van der Waals surface area contributed by atoms with E-state index >= 15 is 0 Å². The maximum absolute atomic E-state index is 5.43. The Morgan fingerprint density at radius 2 is 1.95 bits per heavy atom. The molecule has 0 aliphatic rings. The van der Waals surface area contributed by atoms with Crippen LogP contribution in [-0.4, -0.2) is 28.7 Å². The van der Waals surface area contributed by atoms with Crippen molar-refractivity contribution in [1.29, 1.82) is 0 Å². The minimum absolute atomic E-state index is 0. The van der Waals surface area contributed by atoms with Gasteiger partial charge < -0.3 is 15.0 Å². The molecule has 2 aromatic rings. The van der Waals surface area contributed by atoms with Gasteiger partial charge in [-0.05, 0) is 31.7 Å². The molecule has 0 aliphatic heterocycles. The van der Waals surface area contributed by atoms with Crippen LogP contribution in [0.2, 0.25) is 0 Å². The number of nitrogens with zero attached hydrogens (tertiary/aromatic N) is 3. The molecule has 0 unspecified atom stereocenters. The third-order valence-corrected chi connectivity index (χ3v) is 2.78. The van der Waals surface area contributed by atoms with Crippen molar-refractivity contribution >= 4 is 12.4 Å².